The molecular weight excluding hydrogens is 228 g/mol. The number of aromatic nitrogens is 2. The number of amides is 1. The highest BCUT2D eigenvalue weighted by atomic mass is 16.2. The van der Waals surface area contributed by atoms with Crippen LogP contribution in [0.4, 0.5) is 0 Å². The van der Waals surface area contributed by atoms with Crippen molar-refractivity contribution in [1.82, 2.24) is 14.7 Å². The van der Waals surface area contributed by atoms with Crippen molar-refractivity contribution in [3.05, 3.63) is 17.5 Å². The molecule has 0 spiro atoms. The standard InChI is InChI=1S/C13H22N4O/c1-5-11-9(7-16(4)15-11)13-10(14)6-12(18)17(13)8(2)3/h7-8,10,13H,5-6,14H2,1-4H3. The molecule has 5 nitrogen and oxygen atoms in total. The largest absolute Gasteiger partial charge is 0.331 e. The second-order valence-corrected chi connectivity index (χ2v) is 5.27. The van der Waals surface area contributed by atoms with E-state index >= 15 is 0 Å². The topological polar surface area (TPSA) is 64.2 Å². The fourth-order valence-electron chi connectivity index (χ4n) is 2.84. The molecule has 1 aromatic rings. The molecule has 1 fully saturated rings. The van der Waals surface area contributed by atoms with Crippen molar-refractivity contribution >= 4 is 5.91 Å². The third-order valence-electron chi connectivity index (χ3n) is 3.55. The molecule has 2 unspecified atom stereocenters. The number of nitrogens with two attached hydrogens (primary N) is 1. The van der Waals surface area contributed by atoms with E-state index in [0.717, 1.165) is 17.7 Å². The van der Waals surface area contributed by atoms with E-state index in [4.69, 9.17) is 5.73 Å². The van der Waals surface area contributed by atoms with Crippen LogP contribution in [0.3, 0.4) is 0 Å². The number of carbonyl (C=O) groups excluding carboxylic acids is 1. The molecule has 1 aromatic heterocycles. The van der Waals surface area contributed by atoms with Gasteiger partial charge in [-0.1, -0.05) is 6.92 Å². The number of hydrogen-bond donors (Lipinski definition) is 1. The number of nitrogens with zero attached hydrogens (tertiary/aromatic N) is 3. The highest BCUT2D eigenvalue weighted by Gasteiger charge is 2.41. The lowest BCUT2D eigenvalue weighted by Gasteiger charge is -2.30. The summed E-state index contributed by atoms with van der Waals surface area (Å²) in [5.41, 5.74) is 8.31. The van der Waals surface area contributed by atoms with Crippen molar-refractivity contribution in [2.24, 2.45) is 12.8 Å². The second kappa shape index (κ2) is 4.72. The van der Waals surface area contributed by atoms with Gasteiger partial charge in [0.2, 0.25) is 5.91 Å². The molecule has 18 heavy (non-hydrogen) atoms. The molecule has 1 aliphatic heterocycles. The van der Waals surface area contributed by atoms with E-state index in [9.17, 15) is 4.79 Å². The van der Waals surface area contributed by atoms with Gasteiger partial charge in [-0.15, -0.1) is 0 Å². The second-order valence-electron chi connectivity index (χ2n) is 5.27. The van der Waals surface area contributed by atoms with Crippen molar-refractivity contribution in [3.8, 4) is 0 Å². The summed E-state index contributed by atoms with van der Waals surface area (Å²) < 4.78 is 1.81. The first-order valence-corrected chi connectivity index (χ1v) is 6.54. The van der Waals surface area contributed by atoms with Gasteiger partial charge < -0.3 is 10.6 Å². The molecule has 2 heterocycles. The van der Waals surface area contributed by atoms with Crippen molar-refractivity contribution in [3.63, 3.8) is 0 Å². The van der Waals surface area contributed by atoms with Crippen LogP contribution in [0.2, 0.25) is 0 Å². The highest BCUT2D eigenvalue weighted by Crippen LogP contribution is 2.35. The van der Waals surface area contributed by atoms with E-state index in [-0.39, 0.29) is 24.0 Å². The summed E-state index contributed by atoms with van der Waals surface area (Å²) in [5.74, 6) is 0.147. The minimum Gasteiger partial charge on any atom is -0.331 e. The zero-order chi connectivity index (χ0) is 13.4. The van der Waals surface area contributed by atoms with Gasteiger partial charge in [-0.3, -0.25) is 9.48 Å². The summed E-state index contributed by atoms with van der Waals surface area (Å²) in [4.78, 5) is 13.9. The van der Waals surface area contributed by atoms with Crippen LogP contribution in [0, 0.1) is 0 Å². The third-order valence-corrected chi connectivity index (χ3v) is 3.55. The maximum Gasteiger partial charge on any atom is 0.225 e. The van der Waals surface area contributed by atoms with Crippen LogP contribution in [0.25, 0.3) is 0 Å². The van der Waals surface area contributed by atoms with Gasteiger partial charge in [-0.05, 0) is 20.3 Å². The van der Waals surface area contributed by atoms with Crippen LogP contribution in [0.5, 0.6) is 0 Å². The Bertz CT molecular complexity index is 452. The summed E-state index contributed by atoms with van der Waals surface area (Å²) in [7, 11) is 1.91. The Balaban J connectivity index is 2.43. The molecule has 0 radical (unpaired) electrons. The molecule has 2 atom stereocenters. The van der Waals surface area contributed by atoms with Gasteiger partial charge in [0.25, 0.3) is 0 Å². The van der Waals surface area contributed by atoms with Gasteiger partial charge in [0, 0.05) is 37.3 Å². The highest BCUT2D eigenvalue weighted by molar-refractivity contribution is 5.80. The molecule has 0 aromatic carbocycles. The van der Waals surface area contributed by atoms with Gasteiger partial charge in [0.05, 0.1) is 11.7 Å². The smallest absolute Gasteiger partial charge is 0.225 e. The molecule has 2 N–H and O–H groups in total. The number of rotatable bonds is 3. The molecule has 2 rings (SSSR count). The Morgan fingerprint density at radius 2 is 2.22 bits per heavy atom. The zero-order valence-electron chi connectivity index (χ0n) is 11.6. The Morgan fingerprint density at radius 1 is 1.56 bits per heavy atom. The lowest BCUT2D eigenvalue weighted by atomic mass is 9.99. The molecule has 0 bridgehead atoms. The first kappa shape index (κ1) is 13.1. The monoisotopic (exact) mass is 250 g/mol. The van der Waals surface area contributed by atoms with Crippen molar-refractivity contribution in [2.75, 3.05) is 0 Å². The quantitative estimate of drug-likeness (QED) is 0.870. The van der Waals surface area contributed by atoms with Crippen molar-refractivity contribution < 1.29 is 4.79 Å². The van der Waals surface area contributed by atoms with E-state index in [1.54, 1.807) is 0 Å². The van der Waals surface area contributed by atoms with Gasteiger partial charge in [0.15, 0.2) is 0 Å². The first-order chi connectivity index (χ1) is 8.45. The predicted octanol–water partition coefficient (Wildman–Crippen LogP) is 0.992. The zero-order valence-corrected chi connectivity index (χ0v) is 11.6. The molecule has 1 saturated heterocycles. The van der Waals surface area contributed by atoms with Crippen LogP contribution in [-0.4, -0.2) is 32.7 Å². The number of aryl methyl sites for hydroxylation is 2. The van der Waals surface area contributed by atoms with Crippen LogP contribution in [0.1, 0.15) is 44.5 Å². The van der Waals surface area contributed by atoms with Crippen molar-refractivity contribution in [1.29, 1.82) is 0 Å². The van der Waals surface area contributed by atoms with Crippen LogP contribution < -0.4 is 5.73 Å². The molecule has 1 aliphatic rings. The molecule has 5 heteroatoms. The normalized spacial score (nSPS) is 24.3. The Kier molecular flexibility index (Phi) is 3.43. The van der Waals surface area contributed by atoms with Crippen LogP contribution in [-0.2, 0) is 18.3 Å². The first-order valence-electron chi connectivity index (χ1n) is 6.54. The van der Waals surface area contributed by atoms with E-state index in [2.05, 4.69) is 12.0 Å². The summed E-state index contributed by atoms with van der Waals surface area (Å²) in [6.45, 7) is 6.14. The molecule has 0 saturated carbocycles. The Labute approximate surface area is 108 Å². The van der Waals surface area contributed by atoms with E-state index in [0.29, 0.717) is 6.42 Å². The summed E-state index contributed by atoms with van der Waals surface area (Å²) in [6.07, 6.45) is 3.29. The summed E-state index contributed by atoms with van der Waals surface area (Å²) >= 11 is 0. The Hall–Kier alpha value is -1.36. The third kappa shape index (κ3) is 2.03. The molecule has 100 valence electrons. The van der Waals surface area contributed by atoms with Crippen LogP contribution >= 0.6 is 0 Å². The van der Waals surface area contributed by atoms with Gasteiger partial charge >= 0.3 is 0 Å². The van der Waals surface area contributed by atoms with E-state index in [1.807, 2.05) is 36.7 Å². The molecular formula is C13H22N4O. The fourth-order valence-corrected chi connectivity index (χ4v) is 2.84. The molecule has 0 aliphatic carbocycles. The van der Waals surface area contributed by atoms with Gasteiger partial charge in [0.1, 0.15) is 0 Å². The minimum absolute atomic E-state index is 0.0267. The average Bonchev–Trinajstić information content (AvgIpc) is 2.78. The molecule has 1 amide bonds. The van der Waals surface area contributed by atoms with Crippen LogP contribution in [0.15, 0.2) is 6.20 Å². The van der Waals surface area contributed by atoms with Gasteiger partial charge in [-0.25, -0.2) is 0 Å². The van der Waals surface area contributed by atoms with Crippen molar-refractivity contribution in [2.45, 2.75) is 51.7 Å². The maximum atomic E-state index is 12.0. The number of likely N-dealkylation sites (tertiary alicyclic amines) is 1. The average molecular weight is 250 g/mol. The fraction of sp³-hybridized carbons (Fsp3) is 0.692. The van der Waals surface area contributed by atoms with Gasteiger partial charge in [-0.2, -0.15) is 5.10 Å². The SMILES string of the molecule is CCc1nn(C)cc1C1C(N)CC(=O)N1C(C)C. The minimum atomic E-state index is -0.130. The Morgan fingerprint density at radius 3 is 2.78 bits per heavy atom. The summed E-state index contributed by atoms with van der Waals surface area (Å²) in [6, 6.07) is 0.0107. The predicted molar refractivity (Wildman–Crippen MR) is 69.9 cm³/mol. The number of hydrogen-bond acceptors (Lipinski definition) is 3. The van der Waals surface area contributed by atoms with E-state index in [1.165, 1.54) is 0 Å². The lowest BCUT2D eigenvalue weighted by molar-refractivity contribution is -0.130. The van der Waals surface area contributed by atoms with E-state index < -0.39 is 0 Å². The number of carbonyl (C=O) groups is 1. The maximum absolute atomic E-state index is 12.0. The lowest BCUT2D eigenvalue weighted by Crippen LogP contribution is -2.38. The summed E-state index contributed by atoms with van der Waals surface area (Å²) in [5, 5.41) is 4.45.